The third-order valence-corrected chi connectivity index (χ3v) is 8.26. The number of carbonyl (C=O) groups is 1. The van der Waals surface area contributed by atoms with Crippen LogP contribution in [-0.4, -0.2) is 53.8 Å². The fourth-order valence-electron chi connectivity index (χ4n) is 5.17. The van der Waals surface area contributed by atoms with Crippen LogP contribution >= 0.6 is 22.9 Å². The SMILES string of the molecule is Cc1cc(Cl)cc(-c2ccnc3cc(CN4C(=O)CCCC4C(F)(F)F)sc23)c1CC1CNCCO1. The molecule has 2 unspecified atom stereocenters. The Kier molecular flexibility index (Phi) is 7.27. The van der Waals surface area contributed by atoms with Crippen LogP contribution in [0.25, 0.3) is 21.3 Å². The topological polar surface area (TPSA) is 54.5 Å². The maximum atomic E-state index is 13.6. The molecule has 2 fully saturated rings. The highest BCUT2D eigenvalue weighted by Gasteiger charge is 2.46. The Hall–Kier alpha value is -2.20. The van der Waals surface area contributed by atoms with Gasteiger partial charge in [0.2, 0.25) is 5.91 Å². The van der Waals surface area contributed by atoms with Crippen molar-refractivity contribution in [1.82, 2.24) is 15.2 Å². The number of likely N-dealkylation sites (tertiary alicyclic amines) is 1. The molecule has 5 rings (SSSR count). The Bertz CT molecular complexity index is 1270. The first-order valence-corrected chi connectivity index (χ1v) is 13.3. The summed E-state index contributed by atoms with van der Waals surface area (Å²) in [5.41, 5.74) is 4.77. The number of aryl methyl sites for hydroxylation is 1. The second-order valence-electron chi connectivity index (χ2n) is 9.41. The van der Waals surface area contributed by atoms with Crippen molar-refractivity contribution in [3.8, 4) is 11.1 Å². The Morgan fingerprint density at radius 1 is 1.28 bits per heavy atom. The minimum atomic E-state index is -4.45. The predicted octanol–water partition coefficient (Wildman–Crippen LogP) is 5.90. The number of ether oxygens (including phenoxy) is 1. The number of fused-ring (bicyclic) bond motifs is 1. The monoisotopic (exact) mass is 537 g/mol. The number of alkyl halides is 3. The van der Waals surface area contributed by atoms with E-state index < -0.39 is 18.1 Å². The van der Waals surface area contributed by atoms with Gasteiger partial charge in [0.15, 0.2) is 0 Å². The average molecular weight is 538 g/mol. The highest BCUT2D eigenvalue weighted by molar-refractivity contribution is 7.19. The normalized spacial score (nSPS) is 21.4. The van der Waals surface area contributed by atoms with E-state index in [0.717, 1.165) is 44.9 Å². The molecule has 1 aromatic carbocycles. The number of thiophene rings is 1. The number of halogens is 4. The molecule has 5 nitrogen and oxygen atoms in total. The van der Waals surface area contributed by atoms with Gasteiger partial charge in [-0.25, -0.2) is 0 Å². The third-order valence-electron chi connectivity index (χ3n) is 6.90. The van der Waals surface area contributed by atoms with E-state index in [4.69, 9.17) is 16.3 Å². The summed E-state index contributed by atoms with van der Waals surface area (Å²) in [6.07, 6.45) is -1.65. The van der Waals surface area contributed by atoms with Gasteiger partial charge in [0, 0.05) is 47.6 Å². The Balaban J connectivity index is 1.52. The summed E-state index contributed by atoms with van der Waals surface area (Å²) in [7, 11) is 0. The van der Waals surface area contributed by atoms with Gasteiger partial charge in [-0.05, 0) is 60.7 Å². The number of benzene rings is 1. The number of hydrogen-bond acceptors (Lipinski definition) is 5. The van der Waals surface area contributed by atoms with Crippen LogP contribution in [0.4, 0.5) is 13.2 Å². The average Bonchev–Trinajstić information content (AvgIpc) is 3.24. The molecule has 2 atom stereocenters. The number of pyridine rings is 1. The molecule has 0 radical (unpaired) electrons. The molecule has 2 saturated heterocycles. The summed E-state index contributed by atoms with van der Waals surface area (Å²) in [6.45, 7) is 4.21. The summed E-state index contributed by atoms with van der Waals surface area (Å²) in [4.78, 5) is 18.6. The lowest BCUT2D eigenvalue weighted by Crippen LogP contribution is -2.50. The fourth-order valence-corrected chi connectivity index (χ4v) is 6.58. The number of nitrogens with zero attached hydrogens (tertiary/aromatic N) is 2. The number of nitrogens with one attached hydrogen (secondary N) is 1. The third kappa shape index (κ3) is 5.25. The van der Waals surface area contributed by atoms with Crippen LogP contribution in [-0.2, 0) is 22.5 Å². The molecule has 1 N–H and O–H groups in total. The Morgan fingerprint density at radius 2 is 2.11 bits per heavy atom. The molecule has 2 aliphatic rings. The van der Waals surface area contributed by atoms with Crippen molar-refractivity contribution in [2.45, 2.75) is 57.5 Å². The van der Waals surface area contributed by atoms with E-state index in [1.54, 1.807) is 12.3 Å². The van der Waals surface area contributed by atoms with Gasteiger partial charge in [0.1, 0.15) is 6.04 Å². The zero-order valence-corrected chi connectivity index (χ0v) is 21.4. The highest BCUT2D eigenvalue weighted by atomic mass is 35.5. The number of rotatable bonds is 5. The zero-order chi connectivity index (χ0) is 25.4. The minimum Gasteiger partial charge on any atom is -0.375 e. The van der Waals surface area contributed by atoms with Crippen LogP contribution < -0.4 is 5.32 Å². The molecule has 10 heteroatoms. The molecule has 0 bridgehead atoms. The van der Waals surface area contributed by atoms with Gasteiger partial charge in [-0.2, -0.15) is 13.2 Å². The van der Waals surface area contributed by atoms with E-state index in [9.17, 15) is 18.0 Å². The molecular weight excluding hydrogens is 511 g/mol. The van der Waals surface area contributed by atoms with E-state index in [0.29, 0.717) is 28.4 Å². The van der Waals surface area contributed by atoms with Crippen molar-refractivity contribution in [3.63, 3.8) is 0 Å². The van der Waals surface area contributed by atoms with Gasteiger partial charge >= 0.3 is 6.18 Å². The summed E-state index contributed by atoms with van der Waals surface area (Å²) < 4.78 is 47.7. The number of hydrogen-bond donors (Lipinski definition) is 1. The van der Waals surface area contributed by atoms with Gasteiger partial charge in [0.25, 0.3) is 0 Å². The molecule has 2 aliphatic heterocycles. The van der Waals surface area contributed by atoms with Gasteiger partial charge < -0.3 is 15.0 Å². The molecule has 3 aromatic rings. The van der Waals surface area contributed by atoms with Crippen LogP contribution in [0.3, 0.4) is 0 Å². The first-order valence-electron chi connectivity index (χ1n) is 12.1. The van der Waals surface area contributed by atoms with E-state index in [1.807, 2.05) is 25.1 Å². The van der Waals surface area contributed by atoms with Crippen molar-refractivity contribution < 1.29 is 22.7 Å². The van der Waals surface area contributed by atoms with Crippen molar-refractivity contribution in [1.29, 1.82) is 0 Å². The minimum absolute atomic E-state index is 0.0398. The fraction of sp³-hybridized carbons (Fsp3) is 0.462. The van der Waals surface area contributed by atoms with Crippen LogP contribution in [0.15, 0.2) is 30.5 Å². The van der Waals surface area contributed by atoms with Crippen LogP contribution in [0.1, 0.15) is 35.3 Å². The van der Waals surface area contributed by atoms with Crippen molar-refractivity contribution >= 4 is 39.1 Å². The van der Waals surface area contributed by atoms with Gasteiger partial charge in [-0.1, -0.05) is 11.6 Å². The molecule has 4 heterocycles. The maximum Gasteiger partial charge on any atom is 0.408 e. The molecule has 0 aliphatic carbocycles. The largest absolute Gasteiger partial charge is 0.408 e. The van der Waals surface area contributed by atoms with Crippen LogP contribution in [0, 0.1) is 6.92 Å². The molecule has 0 saturated carbocycles. The number of amides is 1. The lowest BCUT2D eigenvalue weighted by molar-refractivity contribution is -0.197. The summed E-state index contributed by atoms with van der Waals surface area (Å²) in [5.74, 6) is -0.456. The van der Waals surface area contributed by atoms with Gasteiger partial charge in [-0.15, -0.1) is 11.3 Å². The van der Waals surface area contributed by atoms with Crippen LogP contribution in [0.5, 0.6) is 0 Å². The Morgan fingerprint density at radius 3 is 2.86 bits per heavy atom. The molecule has 2 aromatic heterocycles. The molecule has 1 amide bonds. The number of aromatic nitrogens is 1. The summed E-state index contributed by atoms with van der Waals surface area (Å²) >= 11 is 7.85. The van der Waals surface area contributed by atoms with Crippen LogP contribution in [0.2, 0.25) is 5.02 Å². The first-order chi connectivity index (χ1) is 17.2. The van der Waals surface area contributed by atoms with Crippen molar-refractivity contribution in [2.75, 3.05) is 19.7 Å². The quantitative estimate of drug-likeness (QED) is 0.440. The maximum absolute atomic E-state index is 13.6. The van der Waals surface area contributed by atoms with E-state index in [-0.39, 0.29) is 31.9 Å². The van der Waals surface area contributed by atoms with E-state index in [2.05, 4.69) is 10.3 Å². The Labute approximate surface area is 216 Å². The number of carbonyl (C=O) groups excluding carboxylic acids is 1. The van der Waals surface area contributed by atoms with E-state index >= 15 is 0 Å². The zero-order valence-electron chi connectivity index (χ0n) is 19.8. The van der Waals surface area contributed by atoms with Crippen molar-refractivity contribution in [3.05, 3.63) is 51.5 Å². The second-order valence-corrected chi connectivity index (χ2v) is 11.0. The summed E-state index contributed by atoms with van der Waals surface area (Å²) in [5, 5.41) is 3.98. The van der Waals surface area contributed by atoms with Gasteiger partial charge in [-0.3, -0.25) is 9.78 Å². The summed E-state index contributed by atoms with van der Waals surface area (Å²) in [6, 6.07) is 5.84. The number of morpholine rings is 1. The lowest BCUT2D eigenvalue weighted by Gasteiger charge is -2.36. The predicted molar refractivity (Wildman–Crippen MR) is 135 cm³/mol. The van der Waals surface area contributed by atoms with Gasteiger partial charge in [0.05, 0.1) is 29.5 Å². The van der Waals surface area contributed by atoms with Crippen molar-refractivity contribution in [2.24, 2.45) is 0 Å². The molecule has 192 valence electrons. The highest BCUT2D eigenvalue weighted by Crippen LogP contribution is 2.40. The van der Waals surface area contributed by atoms with E-state index in [1.165, 1.54) is 11.3 Å². The first kappa shape index (κ1) is 25.4. The lowest BCUT2D eigenvalue weighted by atomic mass is 9.92. The molecular formula is C26H27ClF3N3O2S. The second kappa shape index (κ2) is 10.3. The number of piperidine rings is 1. The standard InChI is InChI=1S/C26H27ClF3N3O2S/c1-15-9-16(27)10-21(20(15)11-17-13-31-7-8-35-17)19-5-6-32-22-12-18(36-25(19)22)14-33-23(26(28,29)30)3-2-4-24(33)34/h5-6,9-10,12,17,23,31H,2-4,7-8,11,13-14H2,1H3. The smallest absolute Gasteiger partial charge is 0.375 e. The molecule has 0 spiro atoms. The molecule has 36 heavy (non-hydrogen) atoms.